The third-order valence-corrected chi connectivity index (χ3v) is 5.88. The van der Waals surface area contributed by atoms with Gasteiger partial charge in [-0.05, 0) is 55.3 Å². The van der Waals surface area contributed by atoms with Crippen molar-refractivity contribution in [1.29, 1.82) is 0 Å². The molecule has 1 saturated heterocycles. The first-order valence-corrected chi connectivity index (χ1v) is 11.4. The van der Waals surface area contributed by atoms with Gasteiger partial charge in [0, 0.05) is 6.08 Å². The lowest BCUT2D eigenvalue weighted by Crippen LogP contribution is -2.28. The Balaban J connectivity index is 1.24. The van der Waals surface area contributed by atoms with E-state index in [0.717, 1.165) is 41.5 Å². The molecule has 31 heavy (non-hydrogen) atoms. The molecule has 0 bridgehead atoms. The maximum atomic E-state index is 12.2. The van der Waals surface area contributed by atoms with E-state index in [1.165, 1.54) is 36.7 Å². The van der Waals surface area contributed by atoms with E-state index < -0.39 is 0 Å². The number of hydrogen-bond donors (Lipinski definition) is 1. The topological polar surface area (TPSA) is 67.3 Å². The lowest BCUT2D eigenvalue weighted by Gasteiger charge is -2.24. The molecule has 2 heterocycles. The summed E-state index contributed by atoms with van der Waals surface area (Å²) in [6.07, 6.45) is 7.07. The Morgan fingerprint density at radius 1 is 1.03 bits per heavy atom. The number of carbonyl (C=O) groups excluding carboxylic acids is 1. The van der Waals surface area contributed by atoms with E-state index in [1.54, 1.807) is 6.08 Å². The van der Waals surface area contributed by atoms with E-state index in [2.05, 4.69) is 20.4 Å². The van der Waals surface area contributed by atoms with E-state index in [0.29, 0.717) is 11.7 Å². The minimum Gasteiger partial charge on any atom is -0.489 e. The number of aromatic nitrogens is 2. The zero-order valence-corrected chi connectivity index (χ0v) is 18.2. The molecule has 6 nitrogen and oxygen atoms in total. The van der Waals surface area contributed by atoms with Crippen LogP contribution in [0, 0.1) is 0 Å². The summed E-state index contributed by atoms with van der Waals surface area (Å²) >= 11 is 1.44. The molecule has 1 amide bonds. The van der Waals surface area contributed by atoms with E-state index in [-0.39, 0.29) is 5.91 Å². The van der Waals surface area contributed by atoms with Crippen LogP contribution in [0.5, 0.6) is 5.75 Å². The first kappa shape index (κ1) is 21.2. The van der Waals surface area contributed by atoms with Crippen molar-refractivity contribution in [1.82, 2.24) is 15.1 Å². The number of ether oxygens (including phenoxy) is 1. The predicted octanol–water partition coefficient (Wildman–Crippen LogP) is 4.75. The molecule has 0 radical (unpaired) electrons. The molecule has 3 aromatic rings. The van der Waals surface area contributed by atoms with E-state index in [4.69, 9.17) is 4.74 Å². The molecule has 0 spiro atoms. The number of piperidine rings is 1. The third-order valence-electron chi connectivity index (χ3n) is 5.06. The van der Waals surface area contributed by atoms with Crippen molar-refractivity contribution in [2.45, 2.75) is 32.4 Å². The number of anilines is 1. The molecule has 0 unspecified atom stereocenters. The van der Waals surface area contributed by atoms with Crippen LogP contribution in [0.15, 0.2) is 60.7 Å². The second kappa shape index (κ2) is 10.8. The summed E-state index contributed by atoms with van der Waals surface area (Å²) in [5.41, 5.74) is 2.05. The van der Waals surface area contributed by atoms with Gasteiger partial charge in [0.2, 0.25) is 11.0 Å². The lowest BCUT2D eigenvalue weighted by molar-refractivity contribution is -0.111. The fourth-order valence-corrected chi connectivity index (χ4v) is 4.20. The van der Waals surface area contributed by atoms with Gasteiger partial charge in [0.25, 0.3) is 0 Å². The van der Waals surface area contributed by atoms with Crippen LogP contribution < -0.4 is 10.1 Å². The molecule has 2 aromatic carbocycles. The fraction of sp³-hybridized carbons (Fsp3) is 0.292. The molecular formula is C24H26N4O2S. The van der Waals surface area contributed by atoms with Crippen molar-refractivity contribution in [2.24, 2.45) is 0 Å². The van der Waals surface area contributed by atoms with E-state index in [1.807, 2.05) is 54.6 Å². The molecule has 4 rings (SSSR count). The van der Waals surface area contributed by atoms with Gasteiger partial charge in [-0.15, -0.1) is 10.2 Å². The zero-order valence-electron chi connectivity index (χ0n) is 17.4. The molecule has 1 aliphatic heterocycles. The van der Waals surface area contributed by atoms with Crippen LogP contribution in [0.3, 0.4) is 0 Å². The van der Waals surface area contributed by atoms with E-state index >= 15 is 0 Å². The number of rotatable bonds is 8. The predicted molar refractivity (Wildman–Crippen MR) is 124 cm³/mol. The van der Waals surface area contributed by atoms with Gasteiger partial charge < -0.3 is 4.74 Å². The Bertz CT molecular complexity index is 996. The van der Waals surface area contributed by atoms with Crippen LogP contribution in [0.2, 0.25) is 0 Å². The second-order valence-corrected chi connectivity index (χ2v) is 8.57. The second-order valence-electron chi connectivity index (χ2n) is 7.50. The van der Waals surface area contributed by atoms with Crippen molar-refractivity contribution in [2.75, 3.05) is 18.4 Å². The highest BCUT2D eigenvalue weighted by molar-refractivity contribution is 7.15. The largest absolute Gasteiger partial charge is 0.489 e. The molecule has 7 heteroatoms. The van der Waals surface area contributed by atoms with Crippen LogP contribution in [-0.2, 0) is 17.9 Å². The summed E-state index contributed by atoms with van der Waals surface area (Å²) in [6, 6.07) is 17.7. The standard InChI is InChI=1S/C24H26N4O2S/c29-22(25-24-27-26-23(31-24)17-28-15-5-2-6-16-28)14-11-19-9-12-21(13-10-19)30-18-20-7-3-1-4-8-20/h1,3-4,7-14H,2,5-6,15-18H2,(H,25,27,29)/b14-11+. The minimum absolute atomic E-state index is 0.218. The van der Waals surface area contributed by atoms with Crippen LogP contribution >= 0.6 is 11.3 Å². The first-order chi connectivity index (χ1) is 15.2. The van der Waals surface area contributed by atoms with Crippen molar-refractivity contribution >= 4 is 28.5 Å². The van der Waals surface area contributed by atoms with Crippen molar-refractivity contribution < 1.29 is 9.53 Å². The number of nitrogens with zero attached hydrogens (tertiary/aromatic N) is 3. The summed E-state index contributed by atoms with van der Waals surface area (Å²) in [5.74, 6) is 0.575. The maximum absolute atomic E-state index is 12.2. The van der Waals surface area contributed by atoms with Crippen LogP contribution in [0.1, 0.15) is 35.4 Å². The summed E-state index contributed by atoms with van der Waals surface area (Å²) in [6.45, 7) is 3.56. The smallest absolute Gasteiger partial charge is 0.250 e. The number of hydrogen-bond acceptors (Lipinski definition) is 6. The number of amides is 1. The Morgan fingerprint density at radius 2 is 1.81 bits per heavy atom. The van der Waals surface area contributed by atoms with Crippen LogP contribution in [-0.4, -0.2) is 34.1 Å². The van der Waals surface area contributed by atoms with Gasteiger partial charge in [-0.2, -0.15) is 0 Å². The summed E-state index contributed by atoms with van der Waals surface area (Å²) in [5, 5.41) is 12.6. The molecule has 160 valence electrons. The monoisotopic (exact) mass is 434 g/mol. The molecule has 0 saturated carbocycles. The lowest BCUT2D eigenvalue weighted by atomic mass is 10.1. The average Bonchev–Trinajstić information content (AvgIpc) is 3.25. The number of carbonyl (C=O) groups is 1. The molecule has 1 N–H and O–H groups in total. The summed E-state index contributed by atoms with van der Waals surface area (Å²) in [7, 11) is 0. The first-order valence-electron chi connectivity index (χ1n) is 10.6. The number of likely N-dealkylation sites (tertiary alicyclic amines) is 1. The Morgan fingerprint density at radius 3 is 2.58 bits per heavy atom. The molecule has 1 aliphatic rings. The average molecular weight is 435 g/mol. The van der Waals surface area contributed by atoms with Crippen molar-refractivity contribution in [3.8, 4) is 5.75 Å². The maximum Gasteiger partial charge on any atom is 0.250 e. The highest BCUT2D eigenvalue weighted by Gasteiger charge is 2.13. The SMILES string of the molecule is O=C(/C=C/c1ccc(OCc2ccccc2)cc1)Nc1nnc(CN2CCCCC2)s1. The molecule has 1 fully saturated rings. The van der Waals surface area contributed by atoms with Crippen molar-refractivity contribution in [3.63, 3.8) is 0 Å². The highest BCUT2D eigenvalue weighted by atomic mass is 32.1. The van der Waals surface area contributed by atoms with E-state index in [9.17, 15) is 4.79 Å². The molecule has 1 aromatic heterocycles. The third kappa shape index (κ3) is 6.73. The van der Waals surface area contributed by atoms with Crippen LogP contribution in [0.4, 0.5) is 5.13 Å². The molecular weight excluding hydrogens is 408 g/mol. The van der Waals surface area contributed by atoms with Gasteiger partial charge in [-0.1, -0.05) is 60.2 Å². The molecule has 0 atom stereocenters. The molecule has 0 aliphatic carbocycles. The van der Waals surface area contributed by atoms with Gasteiger partial charge in [-0.3, -0.25) is 15.0 Å². The highest BCUT2D eigenvalue weighted by Crippen LogP contribution is 2.19. The Hall–Kier alpha value is -3.03. The van der Waals surface area contributed by atoms with Gasteiger partial charge >= 0.3 is 0 Å². The zero-order chi connectivity index (χ0) is 21.3. The fourth-order valence-electron chi connectivity index (χ4n) is 3.41. The van der Waals surface area contributed by atoms with Crippen molar-refractivity contribution in [3.05, 3.63) is 76.8 Å². The summed E-state index contributed by atoms with van der Waals surface area (Å²) in [4.78, 5) is 14.6. The quantitative estimate of drug-likeness (QED) is 0.518. The van der Waals surface area contributed by atoms with Gasteiger partial charge in [0.15, 0.2) is 0 Å². The minimum atomic E-state index is -0.218. The Kier molecular flexibility index (Phi) is 7.41. The summed E-state index contributed by atoms with van der Waals surface area (Å²) < 4.78 is 5.79. The Labute approximate surface area is 186 Å². The van der Waals surface area contributed by atoms with Gasteiger partial charge in [0.1, 0.15) is 17.4 Å². The van der Waals surface area contributed by atoms with Gasteiger partial charge in [-0.25, -0.2) is 0 Å². The normalized spacial score (nSPS) is 14.6. The number of nitrogens with one attached hydrogen (secondary N) is 1. The van der Waals surface area contributed by atoms with Crippen LogP contribution in [0.25, 0.3) is 6.08 Å². The van der Waals surface area contributed by atoms with Gasteiger partial charge in [0.05, 0.1) is 6.54 Å². The number of benzene rings is 2.